The number of carboxylic acid groups (broad SMARTS) is 1. The Hall–Kier alpha value is -2.59. The van der Waals surface area contributed by atoms with Crippen LogP contribution < -0.4 is 10.4 Å². The molecule has 0 spiro atoms. The highest BCUT2D eigenvalue weighted by Crippen LogP contribution is 2.23. The SMILES string of the molecule is COCCN1CN(C[C@H]2CCCO2)C(=O)c2c(O)c(=O)c(C(=O)O)cn21. The minimum Gasteiger partial charge on any atom is -0.502 e. The number of carbonyl (C=O) groups excluding carboxylic acids is 1. The molecule has 10 nitrogen and oxygen atoms in total. The summed E-state index contributed by atoms with van der Waals surface area (Å²) in [5, 5.41) is 21.1. The first-order chi connectivity index (χ1) is 12.4. The van der Waals surface area contributed by atoms with Crippen molar-refractivity contribution >= 4 is 11.9 Å². The van der Waals surface area contributed by atoms with Gasteiger partial charge in [-0.2, -0.15) is 0 Å². The Kier molecular flexibility index (Phi) is 5.14. The lowest BCUT2D eigenvalue weighted by Crippen LogP contribution is -2.56. The monoisotopic (exact) mass is 367 g/mol. The molecule has 1 aromatic rings. The molecule has 0 radical (unpaired) electrons. The number of nitrogens with zero attached hydrogens (tertiary/aromatic N) is 3. The van der Waals surface area contributed by atoms with Gasteiger partial charge in [0, 0.05) is 26.5 Å². The summed E-state index contributed by atoms with van der Waals surface area (Å²) in [4.78, 5) is 37.7. The molecule has 10 heteroatoms. The number of hydrogen-bond donors (Lipinski definition) is 2. The van der Waals surface area contributed by atoms with Crippen molar-refractivity contribution in [2.24, 2.45) is 0 Å². The molecule has 1 aromatic heterocycles. The van der Waals surface area contributed by atoms with Gasteiger partial charge in [-0.3, -0.25) is 19.3 Å². The largest absolute Gasteiger partial charge is 0.502 e. The van der Waals surface area contributed by atoms with E-state index < -0.39 is 28.6 Å². The van der Waals surface area contributed by atoms with Gasteiger partial charge in [-0.25, -0.2) is 4.79 Å². The Morgan fingerprint density at radius 3 is 2.81 bits per heavy atom. The Balaban J connectivity index is 2.02. The maximum absolute atomic E-state index is 12.8. The number of rotatable bonds is 6. The molecule has 26 heavy (non-hydrogen) atoms. The first-order valence-electron chi connectivity index (χ1n) is 8.31. The van der Waals surface area contributed by atoms with Crippen LogP contribution in [0.1, 0.15) is 33.7 Å². The van der Waals surface area contributed by atoms with Crippen LogP contribution in [-0.4, -0.2) is 77.9 Å². The number of carbonyl (C=O) groups is 2. The topological polar surface area (TPSA) is 122 Å². The zero-order chi connectivity index (χ0) is 18.8. The summed E-state index contributed by atoms with van der Waals surface area (Å²) >= 11 is 0. The van der Waals surface area contributed by atoms with Crippen LogP contribution in [-0.2, 0) is 9.47 Å². The van der Waals surface area contributed by atoms with Gasteiger partial charge in [0.15, 0.2) is 11.4 Å². The molecule has 1 atom stereocenters. The summed E-state index contributed by atoms with van der Waals surface area (Å²) < 4.78 is 11.9. The van der Waals surface area contributed by atoms with Gasteiger partial charge in [0.2, 0.25) is 5.43 Å². The van der Waals surface area contributed by atoms with Crippen molar-refractivity contribution in [3.8, 4) is 5.75 Å². The predicted molar refractivity (Wildman–Crippen MR) is 89.2 cm³/mol. The number of fused-ring (bicyclic) bond motifs is 1. The van der Waals surface area contributed by atoms with Crippen molar-refractivity contribution in [1.29, 1.82) is 0 Å². The first-order valence-corrected chi connectivity index (χ1v) is 8.31. The van der Waals surface area contributed by atoms with Gasteiger partial charge in [0.25, 0.3) is 5.91 Å². The van der Waals surface area contributed by atoms with Crippen molar-refractivity contribution in [2.45, 2.75) is 18.9 Å². The Bertz CT molecular complexity index is 770. The second-order valence-corrected chi connectivity index (χ2v) is 6.25. The van der Waals surface area contributed by atoms with Crippen molar-refractivity contribution < 1.29 is 29.3 Å². The van der Waals surface area contributed by atoms with Crippen LogP contribution in [0.25, 0.3) is 0 Å². The van der Waals surface area contributed by atoms with Gasteiger partial charge in [0.1, 0.15) is 12.2 Å². The Morgan fingerprint density at radius 1 is 1.42 bits per heavy atom. The molecule has 0 unspecified atom stereocenters. The maximum Gasteiger partial charge on any atom is 0.341 e. The van der Waals surface area contributed by atoms with Gasteiger partial charge in [-0.05, 0) is 12.8 Å². The van der Waals surface area contributed by atoms with E-state index in [0.29, 0.717) is 26.3 Å². The second-order valence-electron chi connectivity index (χ2n) is 6.25. The number of hydrogen-bond acceptors (Lipinski definition) is 7. The summed E-state index contributed by atoms with van der Waals surface area (Å²) in [7, 11) is 1.52. The zero-order valence-corrected chi connectivity index (χ0v) is 14.4. The van der Waals surface area contributed by atoms with E-state index >= 15 is 0 Å². The molecule has 0 saturated carbocycles. The van der Waals surface area contributed by atoms with E-state index in [2.05, 4.69) is 0 Å². The van der Waals surface area contributed by atoms with Crippen LogP contribution in [0.15, 0.2) is 11.0 Å². The van der Waals surface area contributed by atoms with Crippen LogP contribution in [0, 0.1) is 0 Å². The van der Waals surface area contributed by atoms with Crippen LogP contribution in [0.2, 0.25) is 0 Å². The van der Waals surface area contributed by atoms with Crippen LogP contribution in [0.4, 0.5) is 0 Å². The molecular weight excluding hydrogens is 346 g/mol. The molecule has 3 heterocycles. The summed E-state index contributed by atoms with van der Waals surface area (Å²) in [5.74, 6) is -2.88. The molecule has 2 aliphatic rings. The molecule has 0 bridgehead atoms. The smallest absolute Gasteiger partial charge is 0.341 e. The highest BCUT2D eigenvalue weighted by Gasteiger charge is 2.35. The zero-order valence-electron chi connectivity index (χ0n) is 14.4. The fourth-order valence-corrected chi connectivity index (χ4v) is 3.19. The van der Waals surface area contributed by atoms with E-state index in [0.717, 1.165) is 19.0 Å². The van der Waals surface area contributed by atoms with E-state index in [9.17, 15) is 24.6 Å². The van der Waals surface area contributed by atoms with Gasteiger partial charge in [0.05, 0.1) is 19.3 Å². The highest BCUT2D eigenvalue weighted by atomic mass is 16.5. The van der Waals surface area contributed by atoms with Gasteiger partial charge >= 0.3 is 5.97 Å². The predicted octanol–water partition coefficient (Wildman–Crippen LogP) is -0.571. The molecular formula is C16H21N3O7. The summed E-state index contributed by atoms with van der Waals surface area (Å²) in [6, 6.07) is 0. The molecule has 1 amide bonds. The molecule has 142 valence electrons. The van der Waals surface area contributed by atoms with E-state index in [1.165, 1.54) is 16.7 Å². The number of amides is 1. The van der Waals surface area contributed by atoms with Gasteiger partial charge in [-0.1, -0.05) is 0 Å². The van der Waals surface area contributed by atoms with Gasteiger partial charge < -0.3 is 24.6 Å². The van der Waals surface area contributed by atoms with E-state index in [1.54, 1.807) is 5.01 Å². The fourth-order valence-electron chi connectivity index (χ4n) is 3.19. The van der Waals surface area contributed by atoms with Gasteiger partial charge in [-0.15, -0.1) is 0 Å². The molecule has 0 aromatic carbocycles. The number of aromatic nitrogens is 1. The minimum atomic E-state index is -1.47. The minimum absolute atomic E-state index is 0.0954. The first kappa shape index (κ1) is 18.2. The lowest BCUT2D eigenvalue weighted by Gasteiger charge is -2.40. The third-order valence-electron chi connectivity index (χ3n) is 4.52. The highest BCUT2D eigenvalue weighted by molar-refractivity contribution is 5.97. The third-order valence-corrected chi connectivity index (χ3v) is 4.52. The molecule has 1 fully saturated rings. The summed E-state index contributed by atoms with van der Waals surface area (Å²) in [5.41, 5.74) is -1.93. The Labute approximate surface area is 149 Å². The lowest BCUT2D eigenvalue weighted by molar-refractivity contribution is 0.0448. The van der Waals surface area contributed by atoms with Crippen molar-refractivity contribution in [3.63, 3.8) is 0 Å². The van der Waals surface area contributed by atoms with E-state index in [-0.39, 0.29) is 18.5 Å². The molecule has 2 N–H and O–H groups in total. The Morgan fingerprint density at radius 2 is 2.19 bits per heavy atom. The van der Waals surface area contributed by atoms with Crippen LogP contribution in [0.5, 0.6) is 5.75 Å². The number of aromatic hydroxyl groups is 1. The molecule has 3 rings (SSSR count). The third kappa shape index (κ3) is 3.25. The number of pyridine rings is 1. The van der Waals surface area contributed by atoms with Crippen LogP contribution >= 0.6 is 0 Å². The quantitative estimate of drug-likeness (QED) is 0.686. The normalized spacial score (nSPS) is 19.7. The number of aromatic carboxylic acids is 1. The average molecular weight is 367 g/mol. The average Bonchev–Trinajstić information content (AvgIpc) is 3.11. The maximum atomic E-state index is 12.8. The molecule has 0 aliphatic carbocycles. The number of ether oxygens (including phenoxy) is 2. The second kappa shape index (κ2) is 7.34. The lowest BCUT2D eigenvalue weighted by atomic mass is 10.1. The molecule has 1 saturated heterocycles. The van der Waals surface area contributed by atoms with Crippen molar-refractivity contribution in [2.75, 3.05) is 45.1 Å². The van der Waals surface area contributed by atoms with Crippen molar-refractivity contribution in [1.82, 2.24) is 9.58 Å². The van der Waals surface area contributed by atoms with E-state index in [4.69, 9.17) is 9.47 Å². The van der Waals surface area contributed by atoms with Crippen molar-refractivity contribution in [3.05, 3.63) is 27.7 Å². The summed E-state index contributed by atoms with van der Waals surface area (Å²) in [6.45, 7) is 1.78. The standard InChI is InChI=1S/C16H21N3O7/c1-25-6-4-18-9-17(7-10-3-2-5-26-10)15(22)12-14(21)13(20)11(16(23)24)8-19(12)18/h8,10,21H,2-7,9H2,1H3,(H,23,24)/t10-/m1/s1. The fraction of sp³-hybridized carbons (Fsp3) is 0.562. The molecule has 2 aliphatic heterocycles. The number of methoxy groups -OCH3 is 1. The number of carboxylic acids is 1. The van der Waals surface area contributed by atoms with E-state index in [1.807, 2.05) is 0 Å². The van der Waals surface area contributed by atoms with Crippen LogP contribution in [0.3, 0.4) is 0 Å². The summed E-state index contributed by atoms with van der Waals surface area (Å²) in [6.07, 6.45) is 2.72.